The largest absolute Gasteiger partial charge is 0.333 e. The molecule has 1 aromatic rings. The van der Waals surface area contributed by atoms with Crippen LogP contribution in [0, 0.1) is 0 Å². The lowest BCUT2D eigenvalue weighted by atomic mass is 10.1. The van der Waals surface area contributed by atoms with Crippen LogP contribution in [0.1, 0.15) is 19.3 Å². The van der Waals surface area contributed by atoms with Crippen molar-refractivity contribution >= 4 is 29.1 Å². The zero-order chi connectivity index (χ0) is 17.5. The number of benzene rings is 1. The third kappa shape index (κ3) is 5.34. The molecule has 2 N–H and O–H groups in total. The van der Waals surface area contributed by atoms with Crippen LogP contribution in [0.15, 0.2) is 24.3 Å². The molecule has 0 unspecified atom stereocenters. The molecule has 1 heterocycles. The van der Waals surface area contributed by atoms with Gasteiger partial charge in [-0.15, -0.1) is 0 Å². The minimum Gasteiger partial charge on any atom is -0.333 e. The lowest BCUT2D eigenvalue weighted by Gasteiger charge is -2.26. The van der Waals surface area contributed by atoms with E-state index < -0.39 is 0 Å². The van der Waals surface area contributed by atoms with Crippen LogP contribution >= 0.6 is 0 Å². The molecule has 0 aromatic heterocycles. The van der Waals surface area contributed by atoms with E-state index in [4.69, 9.17) is 0 Å². The lowest BCUT2D eigenvalue weighted by molar-refractivity contribution is -0.136. The molecule has 3 amide bonds. The van der Waals surface area contributed by atoms with E-state index >= 15 is 0 Å². The van der Waals surface area contributed by atoms with E-state index in [1.165, 1.54) is 0 Å². The minimum absolute atomic E-state index is 0.0176. The molecule has 7 nitrogen and oxygen atoms in total. The maximum atomic E-state index is 12.2. The second-order valence-electron chi connectivity index (χ2n) is 6.15. The van der Waals surface area contributed by atoms with Crippen molar-refractivity contribution < 1.29 is 14.4 Å². The second-order valence-corrected chi connectivity index (χ2v) is 6.15. The van der Waals surface area contributed by atoms with Crippen LogP contribution in [0.5, 0.6) is 0 Å². The highest BCUT2D eigenvalue weighted by Gasteiger charge is 2.20. The van der Waals surface area contributed by atoms with Crippen LogP contribution < -0.4 is 10.6 Å². The molecular weight excluding hydrogens is 308 g/mol. The molecule has 0 atom stereocenters. The molecule has 0 aliphatic carbocycles. The zero-order valence-corrected chi connectivity index (χ0v) is 14.2. The SMILES string of the molecule is CN(C)CC(=O)Nc1ccccc1NC(=O)CN1CCCCC1=O. The molecule has 0 spiro atoms. The Morgan fingerprint density at radius 3 is 2.29 bits per heavy atom. The maximum absolute atomic E-state index is 12.2. The molecular formula is C17H24N4O3. The summed E-state index contributed by atoms with van der Waals surface area (Å²) in [6.07, 6.45) is 2.32. The maximum Gasteiger partial charge on any atom is 0.244 e. The van der Waals surface area contributed by atoms with E-state index in [0.29, 0.717) is 24.3 Å². The molecule has 7 heteroatoms. The topological polar surface area (TPSA) is 81.8 Å². The first-order valence-corrected chi connectivity index (χ1v) is 8.07. The quantitative estimate of drug-likeness (QED) is 0.818. The first-order valence-electron chi connectivity index (χ1n) is 8.07. The van der Waals surface area contributed by atoms with Gasteiger partial charge >= 0.3 is 0 Å². The second kappa shape index (κ2) is 8.44. The number of nitrogens with one attached hydrogen (secondary N) is 2. The van der Waals surface area contributed by atoms with E-state index in [-0.39, 0.29) is 30.8 Å². The van der Waals surface area contributed by atoms with Crippen LogP contribution in [0.4, 0.5) is 11.4 Å². The van der Waals surface area contributed by atoms with E-state index in [2.05, 4.69) is 10.6 Å². The molecule has 1 aromatic carbocycles. The van der Waals surface area contributed by atoms with Crippen LogP contribution in [0.25, 0.3) is 0 Å². The first kappa shape index (κ1) is 17.9. The minimum atomic E-state index is -0.264. The number of hydrogen-bond acceptors (Lipinski definition) is 4. The fraction of sp³-hybridized carbons (Fsp3) is 0.471. The van der Waals surface area contributed by atoms with Crippen molar-refractivity contribution in [2.24, 2.45) is 0 Å². The molecule has 2 rings (SSSR count). The number of amides is 3. The van der Waals surface area contributed by atoms with E-state index in [1.807, 2.05) is 14.1 Å². The van der Waals surface area contributed by atoms with Crippen molar-refractivity contribution in [1.29, 1.82) is 0 Å². The predicted molar refractivity (Wildman–Crippen MR) is 92.7 cm³/mol. The standard InChI is InChI=1S/C17H24N4O3/c1-20(2)11-15(22)18-13-7-3-4-8-14(13)19-16(23)12-21-10-6-5-9-17(21)24/h3-4,7-8H,5-6,9-12H2,1-2H3,(H,18,22)(H,19,23). The van der Waals surface area contributed by atoms with E-state index in [0.717, 1.165) is 12.8 Å². The Hall–Kier alpha value is -2.41. The summed E-state index contributed by atoms with van der Waals surface area (Å²) in [7, 11) is 3.62. The summed E-state index contributed by atoms with van der Waals surface area (Å²) in [5.74, 6) is -0.406. The lowest BCUT2D eigenvalue weighted by Crippen LogP contribution is -2.40. The summed E-state index contributed by atoms with van der Waals surface area (Å²) < 4.78 is 0. The van der Waals surface area contributed by atoms with Gasteiger partial charge in [-0.2, -0.15) is 0 Å². The Morgan fingerprint density at radius 1 is 1.08 bits per heavy atom. The van der Waals surface area contributed by atoms with Crippen LogP contribution in [-0.4, -0.2) is 61.3 Å². The van der Waals surface area contributed by atoms with Gasteiger partial charge in [0.05, 0.1) is 24.5 Å². The summed E-state index contributed by atoms with van der Waals surface area (Å²) in [5.41, 5.74) is 1.07. The average molecular weight is 332 g/mol. The highest BCUT2D eigenvalue weighted by Crippen LogP contribution is 2.21. The third-order valence-electron chi connectivity index (χ3n) is 3.69. The fourth-order valence-electron chi connectivity index (χ4n) is 2.57. The van der Waals surface area contributed by atoms with Crippen LogP contribution in [0.2, 0.25) is 0 Å². The number of likely N-dealkylation sites (tertiary alicyclic amines) is 1. The molecule has 0 bridgehead atoms. The van der Waals surface area contributed by atoms with Gasteiger partial charge in [0, 0.05) is 13.0 Å². The first-order chi connectivity index (χ1) is 11.5. The normalized spacial score (nSPS) is 14.6. The smallest absolute Gasteiger partial charge is 0.244 e. The number of para-hydroxylation sites is 2. The third-order valence-corrected chi connectivity index (χ3v) is 3.69. The molecule has 0 radical (unpaired) electrons. The van der Waals surface area contributed by atoms with Gasteiger partial charge < -0.3 is 20.4 Å². The number of nitrogens with zero attached hydrogens (tertiary/aromatic N) is 2. The Bertz CT molecular complexity index is 616. The number of piperidine rings is 1. The number of likely N-dealkylation sites (N-methyl/N-ethyl adjacent to an activating group) is 1. The monoisotopic (exact) mass is 332 g/mol. The summed E-state index contributed by atoms with van der Waals surface area (Å²) in [5, 5.41) is 5.56. The average Bonchev–Trinajstić information content (AvgIpc) is 2.50. The number of anilines is 2. The fourth-order valence-corrected chi connectivity index (χ4v) is 2.57. The van der Waals surface area contributed by atoms with Gasteiger partial charge in [0.1, 0.15) is 0 Å². The van der Waals surface area contributed by atoms with Gasteiger partial charge in [-0.05, 0) is 39.1 Å². The summed E-state index contributed by atoms with van der Waals surface area (Å²) in [6.45, 7) is 0.914. The Labute approximate surface area is 142 Å². The predicted octanol–water partition coefficient (Wildman–Crippen LogP) is 1.14. The summed E-state index contributed by atoms with van der Waals surface area (Å²) >= 11 is 0. The van der Waals surface area contributed by atoms with Crippen LogP contribution in [0.3, 0.4) is 0 Å². The van der Waals surface area contributed by atoms with Crippen molar-refractivity contribution in [3.63, 3.8) is 0 Å². The van der Waals surface area contributed by atoms with Gasteiger partial charge in [0.2, 0.25) is 17.7 Å². The molecule has 1 aliphatic heterocycles. The van der Waals surface area contributed by atoms with Crippen molar-refractivity contribution in [1.82, 2.24) is 9.80 Å². The number of carbonyl (C=O) groups is 3. The molecule has 1 aliphatic rings. The number of carbonyl (C=O) groups excluding carboxylic acids is 3. The van der Waals surface area contributed by atoms with Gasteiger partial charge in [-0.3, -0.25) is 14.4 Å². The van der Waals surface area contributed by atoms with Crippen molar-refractivity contribution in [2.45, 2.75) is 19.3 Å². The molecule has 1 fully saturated rings. The van der Waals surface area contributed by atoms with Crippen molar-refractivity contribution in [3.8, 4) is 0 Å². The molecule has 130 valence electrons. The van der Waals surface area contributed by atoms with Gasteiger partial charge in [0.15, 0.2) is 0 Å². The summed E-state index contributed by atoms with van der Waals surface area (Å²) in [4.78, 5) is 39.2. The van der Waals surface area contributed by atoms with E-state index in [9.17, 15) is 14.4 Å². The van der Waals surface area contributed by atoms with Crippen molar-refractivity contribution in [3.05, 3.63) is 24.3 Å². The Balaban J connectivity index is 1.97. The van der Waals surface area contributed by atoms with Gasteiger partial charge in [-0.25, -0.2) is 0 Å². The number of rotatable bonds is 6. The molecule has 0 saturated carbocycles. The Kier molecular flexibility index (Phi) is 6.31. The van der Waals surface area contributed by atoms with E-state index in [1.54, 1.807) is 34.1 Å². The Morgan fingerprint density at radius 2 is 1.71 bits per heavy atom. The van der Waals surface area contributed by atoms with Crippen LogP contribution in [-0.2, 0) is 14.4 Å². The van der Waals surface area contributed by atoms with Gasteiger partial charge in [-0.1, -0.05) is 12.1 Å². The van der Waals surface area contributed by atoms with Gasteiger partial charge in [0.25, 0.3) is 0 Å². The molecule has 24 heavy (non-hydrogen) atoms. The molecule has 1 saturated heterocycles. The highest BCUT2D eigenvalue weighted by molar-refractivity contribution is 6.01. The highest BCUT2D eigenvalue weighted by atomic mass is 16.2. The van der Waals surface area contributed by atoms with Crippen molar-refractivity contribution in [2.75, 3.05) is 44.4 Å². The zero-order valence-electron chi connectivity index (χ0n) is 14.2. The summed E-state index contributed by atoms with van der Waals surface area (Å²) in [6, 6.07) is 7.02. The number of hydrogen-bond donors (Lipinski definition) is 2.